The normalized spacial score (nSPS) is 13.3. The molecule has 0 bridgehead atoms. The smallest absolute Gasteiger partial charge is 0.134 e. The van der Waals surface area contributed by atoms with Crippen LogP contribution in [0.4, 0.5) is 0 Å². The van der Waals surface area contributed by atoms with Gasteiger partial charge in [-0.1, -0.05) is 84.9 Å². The van der Waals surface area contributed by atoms with Crippen molar-refractivity contribution >= 4 is 6.29 Å². The lowest BCUT2D eigenvalue weighted by Crippen LogP contribution is -2.25. The lowest BCUT2D eigenvalue weighted by molar-refractivity contribution is -0.110. The highest BCUT2D eigenvalue weighted by atomic mass is 16.1. The van der Waals surface area contributed by atoms with Crippen molar-refractivity contribution in [2.24, 2.45) is 0 Å². The molecule has 108 valence electrons. The van der Waals surface area contributed by atoms with Crippen molar-refractivity contribution in [3.05, 3.63) is 96.1 Å². The highest BCUT2D eigenvalue weighted by molar-refractivity contribution is 5.75. The van der Waals surface area contributed by atoms with Crippen LogP contribution in [-0.4, -0.2) is 6.29 Å². The molecule has 0 radical (unpaired) electrons. The summed E-state index contributed by atoms with van der Waals surface area (Å²) in [7, 11) is 0. The van der Waals surface area contributed by atoms with E-state index in [1.165, 1.54) is 5.56 Å². The predicted octanol–water partition coefficient (Wildman–Crippen LogP) is 4.86. The van der Waals surface area contributed by atoms with E-state index in [1.54, 1.807) is 0 Å². The fourth-order valence-electron chi connectivity index (χ4n) is 2.73. The Morgan fingerprint density at radius 3 is 1.64 bits per heavy atom. The minimum Gasteiger partial charge on any atom is -0.302 e. The number of benzene rings is 3. The van der Waals surface area contributed by atoms with E-state index in [2.05, 4.69) is 24.3 Å². The van der Waals surface area contributed by atoms with Crippen LogP contribution in [0.3, 0.4) is 0 Å². The van der Waals surface area contributed by atoms with Gasteiger partial charge in [-0.15, -0.1) is 0 Å². The number of rotatable bonds is 4. The van der Waals surface area contributed by atoms with Gasteiger partial charge in [0, 0.05) is 0 Å². The van der Waals surface area contributed by atoms with Crippen LogP contribution in [0.25, 0.3) is 11.1 Å². The molecule has 3 aromatic carbocycles. The number of hydrogen-bond acceptors (Lipinski definition) is 1. The maximum absolute atomic E-state index is 11.8. The number of carbonyl (C=O) groups is 1. The fourth-order valence-corrected chi connectivity index (χ4v) is 2.73. The third-order valence-corrected chi connectivity index (χ3v) is 4.20. The summed E-state index contributed by atoms with van der Waals surface area (Å²) in [5, 5.41) is 0. The van der Waals surface area contributed by atoms with Crippen molar-refractivity contribution < 1.29 is 4.79 Å². The van der Waals surface area contributed by atoms with Gasteiger partial charge < -0.3 is 4.79 Å². The third kappa shape index (κ3) is 2.58. The zero-order chi connectivity index (χ0) is 15.4. The van der Waals surface area contributed by atoms with Crippen LogP contribution in [0.15, 0.2) is 84.9 Å². The van der Waals surface area contributed by atoms with Crippen molar-refractivity contribution in [1.29, 1.82) is 0 Å². The third-order valence-electron chi connectivity index (χ3n) is 4.20. The molecule has 0 saturated heterocycles. The minimum atomic E-state index is -0.615. The van der Waals surface area contributed by atoms with E-state index >= 15 is 0 Å². The standard InChI is InChI=1S/C21H18O/c1-21(16-22,19-10-6-3-7-11-19)20-14-12-18(13-15-20)17-8-4-2-5-9-17/h2-16H,1H3/t21-/m1/s1. The van der Waals surface area contributed by atoms with Gasteiger partial charge in [0.1, 0.15) is 6.29 Å². The van der Waals surface area contributed by atoms with Crippen LogP contribution < -0.4 is 0 Å². The Morgan fingerprint density at radius 2 is 1.09 bits per heavy atom. The summed E-state index contributed by atoms with van der Waals surface area (Å²) in [5.74, 6) is 0. The molecule has 0 N–H and O–H groups in total. The molecule has 0 aliphatic heterocycles. The highest BCUT2D eigenvalue weighted by Crippen LogP contribution is 2.31. The maximum Gasteiger partial charge on any atom is 0.134 e. The monoisotopic (exact) mass is 286 g/mol. The van der Waals surface area contributed by atoms with E-state index < -0.39 is 5.41 Å². The van der Waals surface area contributed by atoms with Gasteiger partial charge in [0.2, 0.25) is 0 Å². The topological polar surface area (TPSA) is 17.1 Å². The quantitative estimate of drug-likeness (QED) is 0.626. The lowest BCUT2D eigenvalue weighted by Gasteiger charge is -2.24. The summed E-state index contributed by atoms with van der Waals surface area (Å²) in [6.07, 6.45) is 1.03. The Bertz CT molecular complexity index is 745. The first-order valence-corrected chi connectivity index (χ1v) is 7.42. The Balaban J connectivity index is 2.00. The molecule has 1 nitrogen and oxygen atoms in total. The number of aldehydes is 1. The van der Waals surface area contributed by atoms with Gasteiger partial charge in [-0.2, -0.15) is 0 Å². The number of hydrogen-bond donors (Lipinski definition) is 0. The maximum atomic E-state index is 11.8. The molecule has 1 atom stereocenters. The molecule has 0 unspecified atom stereocenters. The number of carbonyl (C=O) groups excluding carboxylic acids is 1. The van der Waals surface area contributed by atoms with Gasteiger partial charge in [-0.3, -0.25) is 0 Å². The zero-order valence-corrected chi connectivity index (χ0v) is 12.6. The molecule has 3 rings (SSSR count). The molecule has 0 aliphatic carbocycles. The summed E-state index contributed by atoms with van der Waals surface area (Å²) in [4.78, 5) is 11.8. The minimum absolute atomic E-state index is 0.615. The van der Waals surface area contributed by atoms with E-state index in [0.717, 1.165) is 23.0 Å². The van der Waals surface area contributed by atoms with Gasteiger partial charge in [-0.05, 0) is 29.2 Å². The summed E-state index contributed by atoms with van der Waals surface area (Å²) in [6, 6.07) is 28.4. The van der Waals surface area contributed by atoms with E-state index in [-0.39, 0.29) is 0 Å². The van der Waals surface area contributed by atoms with Gasteiger partial charge >= 0.3 is 0 Å². The first-order valence-electron chi connectivity index (χ1n) is 7.42. The van der Waals surface area contributed by atoms with E-state index in [9.17, 15) is 4.79 Å². The van der Waals surface area contributed by atoms with Crippen LogP contribution in [-0.2, 0) is 10.2 Å². The Morgan fingerprint density at radius 1 is 0.636 bits per heavy atom. The van der Waals surface area contributed by atoms with Crippen LogP contribution in [0.5, 0.6) is 0 Å². The van der Waals surface area contributed by atoms with Gasteiger partial charge in [0.15, 0.2) is 0 Å². The van der Waals surface area contributed by atoms with Crippen molar-refractivity contribution in [2.45, 2.75) is 12.3 Å². The zero-order valence-electron chi connectivity index (χ0n) is 12.6. The van der Waals surface area contributed by atoms with Crippen molar-refractivity contribution in [3.8, 4) is 11.1 Å². The van der Waals surface area contributed by atoms with Gasteiger partial charge in [0.25, 0.3) is 0 Å². The summed E-state index contributed by atoms with van der Waals surface area (Å²) in [5.41, 5.74) is 3.74. The first-order chi connectivity index (χ1) is 10.7. The van der Waals surface area contributed by atoms with E-state index in [0.29, 0.717) is 0 Å². The molecule has 0 aliphatic rings. The largest absolute Gasteiger partial charge is 0.302 e. The summed E-state index contributed by atoms with van der Waals surface area (Å²) < 4.78 is 0. The van der Waals surface area contributed by atoms with Crippen LogP contribution in [0.1, 0.15) is 18.1 Å². The summed E-state index contributed by atoms with van der Waals surface area (Å²) >= 11 is 0. The molecular weight excluding hydrogens is 268 g/mol. The van der Waals surface area contributed by atoms with Crippen LogP contribution in [0.2, 0.25) is 0 Å². The Labute approximate surface area is 131 Å². The molecule has 0 spiro atoms. The van der Waals surface area contributed by atoms with Gasteiger partial charge in [-0.25, -0.2) is 0 Å². The van der Waals surface area contributed by atoms with Crippen molar-refractivity contribution in [2.75, 3.05) is 0 Å². The van der Waals surface area contributed by atoms with Crippen molar-refractivity contribution in [3.63, 3.8) is 0 Å². The second-order valence-corrected chi connectivity index (χ2v) is 5.63. The van der Waals surface area contributed by atoms with E-state index in [4.69, 9.17) is 0 Å². The van der Waals surface area contributed by atoms with Crippen LogP contribution >= 0.6 is 0 Å². The van der Waals surface area contributed by atoms with Crippen LogP contribution in [0, 0.1) is 0 Å². The molecule has 3 aromatic rings. The average Bonchev–Trinajstić information content (AvgIpc) is 2.63. The first kappa shape index (κ1) is 14.3. The average molecular weight is 286 g/mol. The molecule has 0 heterocycles. The Kier molecular flexibility index (Phi) is 3.88. The Hall–Kier alpha value is -2.67. The van der Waals surface area contributed by atoms with Gasteiger partial charge in [0.05, 0.1) is 5.41 Å². The fraction of sp³-hybridized carbons (Fsp3) is 0.0952. The lowest BCUT2D eigenvalue weighted by atomic mass is 9.77. The summed E-state index contributed by atoms with van der Waals surface area (Å²) in [6.45, 7) is 1.97. The second kappa shape index (κ2) is 5.98. The van der Waals surface area contributed by atoms with E-state index in [1.807, 2.05) is 67.6 Å². The van der Waals surface area contributed by atoms with Crippen molar-refractivity contribution in [1.82, 2.24) is 0 Å². The highest BCUT2D eigenvalue weighted by Gasteiger charge is 2.28. The molecule has 0 amide bonds. The molecule has 0 aromatic heterocycles. The second-order valence-electron chi connectivity index (χ2n) is 5.63. The predicted molar refractivity (Wildman–Crippen MR) is 90.8 cm³/mol. The molecule has 0 fully saturated rings. The SMILES string of the molecule is C[C@@](C=O)(c1ccccc1)c1ccc(-c2ccccc2)cc1. The molecule has 1 heteroatoms. The molecule has 22 heavy (non-hydrogen) atoms. The molecule has 0 saturated carbocycles. The molecular formula is C21H18O.